The first-order chi connectivity index (χ1) is 16.5. The molecule has 0 saturated heterocycles. The third-order valence-corrected chi connectivity index (χ3v) is 10.6. The maximum Gasteiger partial charge on any atom is 0.220 e. The SMILES string of the molecule is Cc1cc(C2CCCC2)cc(-c2c3ccc(C45CC6CC(CC(C6)C4)C5)cc3cc[n+]2C)c1C. The molecule has 5 fully saturated rings. The van der Waals surface area contributed by atoms with Gasteiger partial charge in [-0.15, -0.1) is 0 Å². The van der Waals surface area contributed by atoms with E-state index in [1.807, 2.05) is 0 Å². The van der Waals surface area contributed by atoms with Gasteiger partial charge in [-0.25, -0.2) is 4.57 Å². The number of hydrogen-bond acceptors (Lipinski definition) is 0. The van der Waals surface area contributed by atoms with Crippen LogP contribution in [0.25, 0.3) is 22.0 Å². The molecule has 0 radical (unpaired) electrons. The number of aryl methyl sites for hydroxylation is 2. The molecule has 4 bridgehead atoms. The summed E-state index contributed by atoms with van der Waals surface area (Å²) in [7, 11) is 2.23. The Labute approximate surface area is 205 Å². The van der Waals surface area contributed by atoms with Crippen LogP contribution in [0.4, 0.5) is 0 Å². The fraction of sp³-hybridized carbons (Fsp3) is 0.545. The summed E-state index contributed by atoms with van der Waals surface area (Å²) in [5.74, 6) is 3.74. The molecule has 5 aliphatic carbocycles. The van der Waals surface area contributed by atoms with Crippen molar-refractivity contribution in [3.63, 3.8) is 0 Å². The van der Waals surface area contributed by atoms with Crippen LogP contribution in [0.2, 0.25) is 0 Å². The molecule has 5 saturated carbocycles. The van der Waals surface area contributed by atoms with E-state index in [-0.39, 0.29) is 0 Å². The van der Waals surface area contributed by atoms with Crippen LogP contribution in [0.15, 0.2) is 42.6 Å². The minimum Gasteiger partial charge on any atom is -0.200 e. The van der Waals surface area contributed by atoms with Gasteiger partial charge in [-0.05, 0) is 134 Å². The molecule has 1 heteroatoms. The molecule has 0 unspecified atom stereocenters. The van der Waals surface area contributed by atoms with Gasteiger partial charge in [0.05, 0.1) is 10.9 Å². The molecular formula is C33H40N+. The summed E-state index contributed by atoms with van der Waals surface area (Å²) in [5, 5.41) is 2.86. The Morgan fingerprint density at radius 1 is 0.824 bits per heavy atom. The zero-order valence-corrected chi connectivity index (χ0v) is 21.4. The van der Waals surface area contributed by atoms with Crippen LogP contribution in [0.5, 0.6) is 0 Å². The normalized spacial score (nSPS) is 30.5. The number of benzene rings is 2. The van der Waals surface area contributed by atoms with E-state index in [4.69, 9.17) is 0 Å². The maximum absolute atomic E-state index is 2.59. The van der Waals surface area contributed by atoms with Crippen LogP contribution in [-0.2, 0) is 12.5 Å². The lowest BCUT2D eigenvalue weighted by Crippen LogP contribution is -2.48. The van der Waals surface area contributed by atoms with Crippen LogP contribution in [-0.4, -0.2) is 0 Å². The minimum atomic E-state index is 0.468. The van der Waals surface area contributed by atoms with Gasteiger partial charge in [0.1, 0.15) is 7.05 Å². The third kappa shape index (κ3) is 3.22. The monoisotopic (exact) mass is 450 g/mol. The topological polar surface area (TPSA) is 3.88 Å². The second-order valence-corrected chi connectivity index (χ2v) is 12.8. The average Bonchev–Trinajstić information content (AvgIpc) is 3.35. The highest BCUT2D eigenvalue weighted by Crippen LogP contribution is 2.61. The van der Waals surface area contributed by atoms with E-state index < -0.39 is 0 Å². The molecule has 176 valence electrons. The Morgan fingerprint density at radius 2 is 1.50 bits per heavy atom. The number of pyridine rings is 1. The van der Waals surface area contributed by atoms with Crippen molar-refractivity contribution >= 4 is 10.8 Å². The second kappa shape index (κ2) is 7.67. The van der Waals surface area contributed by atoms with Gasteiger partial charge in [0.2, 0.25) is 5.69 Å². The molecule has 2 aromatic carbocycles. The summed E-state index contributed by atoms with van der Waals surface area (Å²) in [4.78, 5) is 0. The van der Waals surface area contributed by atoms with Gasteiger partial charge in [0, 0.05) is 6.07 Å². The van der Waals surface area contributed by atoms with E-state index >= 15 is 0 Å². The van der Waals surface area contributed by atoms with Crippen LogP contribution in [0, 0.1) is 31.6 Å². The quantitative estimate of drug-likeness (QED) is 0.355. The molecule has 0 N–H and O–H groups in total. The smallest absolute Gasteiger partial charge is 0.200 e. The van der Waals surface area contributed by atoms with E-state index in [1.54, 1.807) is 11.1 Å². The van der Waals surface area contributed by atoms with Crippen molar-refractivity contribution in [2.45, 2.75) is 89.4 Å². The molecule has 5 aliphatic rings. The van der Waals surface area contributed by atoms with Crippen molar-refractivity contribution in [1.82, 2.24) is 0 Å². The van der Waals surface area contributed by atoms with Gasteiger partial charge < -0.3 is 0 Å². The van der Waals surface area contributed by atoms with E-state index in [1.165, 1.54) is 97.4 Å². The summed E-state index contributed by atoms with van der Waals surface area (Å²) >= 11 is 0. The molecule has 0 aliphatic heterocycles. The maximum atomic E-state index is 2.59. The fourth-order valence-electron chi connectivity index (χ4n) is 9.13. The molecule has 34 heavy (non-hydrogen) atoms. The highest BCUT2D eigenvalue weighted by molar-refractivity contribution is 5.94. The zero-order valence-electron chi connectivity index (χ0n) is 21.4. The van der Waals surface area contributed by atoms with Gasteiger partial charge in [0.25, 0.3) is 0 Å². The largest absolute Gasteiger partial charge is 0.220 e. The highest BCUT2D eigenvalue weighted by Gasteiger charge is 2.51. The molecular weight excluding hydrogens is 410 g/mol. The standard InChI is InChI=1S/C33H40N/c1-21-12-28(26-6-4-5-7-26)17-31(22(21)2)32-30-9-8-29(16-27(30)10-11-34(32)3)33-18-23-13-24(19-33)15-25(14-23)20-33/h8-12,16-17,23-26H,4-7,13-15,18-20H2,1-3H3/q+1. The number of hydrogen-bond donors (Lipinski definition) is 0. The second-order valence-electron chi connectivity index (χ2n) is 12.8. The fourth-order valence-corrected chi connectivity index (χ4v) is 9.13. The molecule has 0 atom stereocenters. The molecule has 0 amide bonds. The summed E-state index contributed by atoms with van der Waals surface area (Å²) in [6.45, 7) is 4.64. The van der Waals surface area contributed by atoms with Crippen molar-refractivity contribution < 1.29 is 4.57 Å². The van der Waals surface area contributed by atoms with E-state index in [0.717, 1.165) is 23.7 Å². The van der Waals surface area contributed by atoms with Crippen molar-refractivity contribution in [1.29, 1.82) is 0 Å². The lowest BCUT2D eigenvalue weighted by molar-refractivity contribution is -0.659. The van der Waals surface area contributed by atoms with Gasteiger partial charge in [-0.3, -0.25) is 0 Å². The van der Waals surface area contributed by atoms with E-state index in [0.29, 0.717) is 5.41 Å². The van der Waals surface area contributed by atoms with Crippen LogP contribution in [0.3, 0.4) is 0 Å². The minimum absolute atomic E-state index is 0.468. The zero-order chi connectivity index (χ0) is 23.0. The first kappa shape index (κ1) is 21.2. The molecule has 3 aromatic rings. The van der Waals surface area contributed by atoms with Crippen LogP contribution in [0.1, 0.15) is 92.4 Å². The highest BCUT2D eigenvalue weighted by atomic mass is 14.9. The molecule has 1 aromatic heterocycles. The predicted octanol–water partition coefficient (Wildman–Crippen LogP) is 8.07. The van der Waals surface area contributed by atoms with Crippen LogP contribution < -0.4 is 4.57 Å². The Balaban J connectivity index is 1.35. The molecule has 8 rings (SSSR count). The third-order valence-electron chi connectivity index (χ3n) is 10.6. The first-order valence-electron chi connectivity index (χ1n) is 14.0. The molecule has 0 spiro atoms. The van der Waals surface area contributed by atoms with Crippen molar-refractivity contribution in [3.8, 4) is 11.3 Å². The lowest BCUT2D eigenvalue weighted by atomic mass is 9.48. The Bertz CT molecular complexity index is 1240. The average molecular weight is 451 g/mol. The van der Waals surface area contributed by atoms with Gasteiger partial charge in [-0.2, -0.15) is 0 Å². The Morgan fingerprint density at radius 3 is 2.18 bits per heavy atom. The van der Waals surface area contributed by atoms with E-state index in [2.05, 4.69) is 68.1 Å². The van der Waals surface area contributed by atoms with Gasteiger partial charge in [-0.1, -0.05) is 31.0 Å². The number of nitrogens with zero attached hydrogens (tertiary/aromatic N) is 1. The summed E-state index contributed by atoms with van der Waals surface area (Å²) in [6.07, 6.45) is 16.7. The summed E-state index contributed by atoms with van der Waals surface area (Å²) in [5.41, 5.74) is 9.41. The van der Waals surface area contributed by atoms with Gasteiger partial charge in [0.15, 0.2) is 6.20 Å². The summed E-state index contributed by atoms with van der Waals surface area (Å²) in [6, 6.07) is 15.0. The van der Waals surface area contributed by atoms with Crippen molar-refractivity contribution in [2.24, 2.45) is 24.8 Å². The first-order valence-corrected chi connectivity index (χ1v) is 14.0. The van der Waals surface area contributed by atoms with Crippen LogP contribution >= 0.6 is 0 Å². The Kier molecular flexibility index (Phi) is 4.78. The Hall–Kier alpha value is -2.15. The van der Waals surface area contributed by atoms with Crippen molar-refractivity contribution in [3.05, 3.63) is 64.8 Å². The van der Waals surface area contributed by atoms with E-state index in [9.17, 15) is 0 Å². The van der Waals surface area contributed by atoms with Gasteiger partial charge >= 0.3 is 0 Å². The lowest BCUT2D eigenvalue weighted by Gasteiger charge is -2.57. The predicted molar refractivity (Wildman–Crippen MR) is 141 cm³/mol. The number of aromatic nitrogens is 1. The molecule has 1 nitrogen and oxygen atoms in total. The van der Waals surface area contributed by atoms with Crippen molar-refractivity contribution in [2.75, 3.05) is 0 Å². The number of rotatable bonds is 3. The molecule has 1 heterocycles. The number of fused-ring (bicyclic) bond motifs is 1. The summed E-state index contributed by atoms with van der Waals surface area (Å²) < 4.78 is 2.37.